The quantitative estimate of drug-likeness (QED) is 0.915. The highest BCUT2D eigenvalue weighted by atomic mass is 79.9. The summed E-state index contributed by atoms with van der Waals surface area (Å²) in [7, 11) is 1.59. The molecule has 2 heterocycles. The smallest absolute Gasteiger partial charge is 0.267 e. The molecular weight excluding hydrogens is 328 g/mol. The van der Waals surface area contributed by atoms with Crippen molar-refractivity contribution in [3.63, 3.8) is 0 Å². The molecule has 1 atom stereocenters. The largest absolute Gasteiger partial charge is 0.494 e. The summed E-state index contributed by atoms with van der Waals surface area (Å²) in [5, 5.41) is 0. The predicted octanol–water partition coefficient (Wildman–Crippen LogP) is 2.64. The van der Waals surface area contributed by atoms with Crippen LogP contribution in [0.25, 0.3) is 0 Å². The van der Waals surface area contributed by atoms with Gasteiger partial charge in [0.1, 0.15) is 4.88 Å². The lowest BCUT2D eigenvalue weighted by Gasteiger charge is -2.22. The molecule has 1 aromatic heterocycles. The number of halogens is 1. The van der Waals surface area contributed by atoms with Gasteiger partial charge in [-0.25, -0.2) is 0 Å². The van der Waals surface area contributed by atoms with Gasteiger partial charge in [-0.1, -0.05) is 6.92 Å². The summed E-state index contributed by atoms with van der Waals surface area (Å²) in [5.41, 5.74) is 5.83. The number of aryl methyl sites for hydroxylation is 1. The molecule has 1 fully saturated rings. The molecule has 106 valence electrons. The van der Waals surface area contributed by atoms with Gasteiger partial charge in [-0.15, -0.1) is 11.3 Å². The van der Waals surface area contributed by atoms with Gasteiger partial charge >= 0.3 is 0 Å². The molecule has 0 radical (unpaired) electrons. The van der Waals surface area contributed by atoms with Crippen molar-refractivity contribution in [1.29, 1.82) is 0 Å². The van der Waals surface area contributed by atoms with Crippen LogP contribution in [0.1, 0.15) is 27.9 Å². The lowest BCUT2D eigenvalue weighted by molar-refractivity contribution is 0.0778. The minimum Gasteiger partial charge on any atom is -0.494 e. The summed E-state index contributed by atoms with van der Waals surface area (Å²) >= 11 is 4.94. The Morgan fingerprint density at radius 2 is 2.32 bits per heavy atom. The minimum absolute atomic E-state index is 0.0480. The Morgan fingerprint density at radius 3 is 2.84 bits per heavy atom. The molecule has 1 aliphatic rings. The maximum Gasteiger partial charge on any atom is 0.267 e. The molecule has 0 bridgehead atoms. The van der Waals surface area contributed by atoms with Crippen molar-refractivity contribution in [2.75, 3.05) is 26.7 Å². The average Bonchev–Trinajstić information content (AvgIpc) is 2.92. The average molecular weight is 347 g/mol. The van der Waals surface area contributed by atoms with Crippen molar-refractivity contribution in [2.24, 2.45) is 11.1 Å². The molecule has 0 saturated carbocycles. The zero-order chi connectivity index (χ0) is 14.2. The van der Waals surface area contributed by atoms with Gasteiger partial charge < -0.3 is 15.4 Å². The van der Waals surface area contributed by atoms with Gasteiger partial charge in [-0.05, 0) is 41.2 Å². The summed E-state index contributed by atoms with van der Waals surface area (Å²) in [6.07, 6.45) is 0.961. The monoisotopic (exact) mass is 346 g/mol. The van der Waals surface area contributed by atoms with Gasteiger partial charge in [0.25, 0.3) is 5.91 Å². The zero-order valence-corrected chi connectivity index (χ0v) is 13.9. The Labute approximate surface area is 126 Å². The molecule has 0 spiro atoms. The second-order valence-electron chi connectivity index (χ2n) is 5.33. The predicted molar refractivity (Wildman–Crippen MR) is 81.0 cm³/mol. The third kappa shape index (κ3) is 2.66. The highest BCUT2D eigenvalue weighted by molar-refractivity contribution is 9.10. The minimum atomic E-state index is 0.0480. The standard InChI is InChI=1S/C13H19BrN2O2S/c1-8-9(14)10(18-3)11(19-8)12(17)16-5-4-13(2,6-15)7-16/h4-7,15H2,1-3H3. The molecule has 1 saturated heterocycles. The summed E-state index contributed by atoms with van der Waals surface area (Å²) in [4.78, 5) is 16.2. The first-order valence-corrected chi connectivity index (χ1v) is 7.85. The van der Waals surface area contributed by atoms with Gasteiger partial charge in [-0.2, -0.15) is 0 Å². The topological polar surface area (TPSA) is 55.6 Å². The number of thiophene rings is 1. The van der Waals surface area contributed by atoms with Gasteiger partial charge in [0, 0.05) is 18.0 Å². The fourth-order valence-electron chi connectivity index (χ4n) is 2.33. The summed E-state index contributed by atoms with van der Waals surface area (Å²) in [5.74, 6) is 0.696. The van der Waals surface area contributed by atoms with Crippen LogP contribution in [-0.4, -0.2) is 37.6 Å². The highest BCUT2D eigenvalue weighted by Crippen LogP contribution is 2.41. The van der Waals surface area contributed by atoms with Gasteiger partial charge in [0.15, 0.2) is 5.75 Å². The van der Waals surface area contributed by atoms with Gasteiger partial charge in [-0.3, -0.25) is 4.79 Å². The van der Waals surface area contributed by atoms with E-state index in [-0.39, 0.29) is 11.3 Å². The van der Waals surface area contributed by atoms with Crippen molar-refractivity contribution in [2.45, 2.75) is 20.3 Å². The van der Waals surface area contributed by atoms with Gasteiger partial charge in [0.05, 0.1) is 11.6 Å². The van der Waals surface area contributed by atoms with Crippen molar-refractivity contribution in [3.05, 3.63) is 14.2 Å². The van der Waals surface area contributed by atoms with E-state index in [2.05, 4.69) is 22.9 Å². The number of nitrogens with zero attached hydrogens (tertiary/aromatic N) is 1. The van der Waals surface area contributed by atoms with Crippen LogP contribution >= 0.6 is 27.3 Å². The lowest BCUT2D eigenvalue weighted by Crippen LogP contribution is -2.34. The molecule has 19 heavy (non-hydrogen) atoms. The number of methoxy groups -OCH3 is 1. The van der Waals surface area contributed by atoms with Crippen LogP contribution in [0.15, 0.2) is 4.47 Å². The van der Waals surface area contributed by atoms with Crippen molar-refractivity contribution in [1.82, 2.24) is 4.90 Å². The molecule has 0 aliphatic carbocycles. The van der Waals surface area contributed by atoms with Crippen LogP contribution in [0.2, 0.25) is 0 Å². The van der Waals surface area contributed by atoms with E-state index in [0.29, 0.717) is 17.2 Å². The Kier molecular flexibility index (Phi) is 4.23. The zero-order valence-electron chi connectivity index (χ0n) is 11.5. The summed E-state index contributed by atoms with van der Waals surface area (Å²) in [6, 6.07) is 0. The maximum atomic E-state index is 12.6. The fraction of sp³-hybridized carbons (Fsp3) is 0.615. The highest BCUT2D eigenvalue weighted by Gasteiger charge is 2.36. The fourth-order valence-corrected chi connectivity index (χ4v) is 4.05. The van der Waals surface area contributed by atoms with Crippen LogP contribution in [0.4, 0.5) is 0 Å². The van der Waals surface area contributed by atoms with E-state index in [1.165, 1.54) is 11.3 Å². The molecule has 2 rings (SSSR count). The maximum absolute atomic E-state index is 12.6. The van der Waals surface area contributed by atoms with Crippen molar-refractivity contribution >= 4 is 33.2 Å². The van der Waals surface area contributed by atoms with E-state index in [0.717, 1.165) is 28.9 Å². The van der Waals surface area contributed by atoms with E-state index < -0.39 is 0 Å². The SMILES string of the molecule is COc1c(C(=O)N2CCC(C)(CN)C2)sc(C)c1Br. The number of rotatable bonds is 3. The summed E-state index contributed by atoms with van der Waals surface area (Å²) in [6.45, 7) is 6.21. The first-order valence-electron chi connectivity index (χ1n) is 6.24. The third-order valence-electron chi connectivity index (χ3n) is 3.71. The Morgan fingerprint density at radius 1 is 1.63 bits per heavy atom. The molecule has 1 unspecified atom stereocenters. The first kappa shape index (κ1) is 14.8. The van der Waals surface area contributed by atoms with Crippen LogP contribution < -0.4 is 10.5 Å². The van der Waals surface area contributed by atoms with E-state index >= 15 is 0 Å². The molecule has 0 aromatic carbocycles. The van der Waals surface area contributed by atoms with E-state index in [1.54, 1.807) is 7.11 Å². The second kappa shape index (κ2) is 5.42. The number of carbonyl (C=O) groups excluding carboxylic acids is 1. The number of hydrogen-bond donors (Lipinski definition) is 1. The molecule has 6 heteroatoms. The van der Waals surface area contributed by atoms with E-state index in [4.69, 9.17) is 10.5 Å². The third-order valence-corrected chi connectivity index (χ3v) is 6.00. The number of ether oxygens (including phenoxy) is 1. The number of hydrogen-bond acceptors (Lipinski definition) is 4. The molecule has 1 amide bonds. The molecule has 1 aliphatic heterocycles. The molecule has 2 N–H and O–H groups in total. The van der Waals surface area contributed by atoms with Crippen LogP contribution in [0.3, 0.4) is 0 Å². The van der Waals surface area contributed by atoms with Crippen LogP contribution in [0.5, 0.6) is 5.75 Å². The Hall–Kier alpha value is -0.590. The number of likely N-dealkylation sites (tertiary alicyclic amines) is 1. The van der Waals surface area contributed by atoms with E-state index in [1.807, 2.05) is 11.8 Å². The first-order chi connectivity index (χ1) is 8.91. The van der Waals surface area contributed by atoms with Crippen LogP contribution in [-0.2, 0) is 0 Å². The van der Waals surface area contributed by atoms with Gasteiger partial charge in [0.2, 0.25) is 0 Å². The van der Waals surface area contributed by atoms with Crippen molar-refractivity contribution < 1.29 is 9.53 Å². The normalized spacial score (nSPS) is 22.9. The van der Waals surface area contributed by atoms with Crippen molar-refractivity contribution in [3.8, 4) is 5.75 Å². The number of nitrogens with two attached hydrogens (primary N) is 1. The Bertz CT molecular complexity index is 503. The van der Waals surface area contributed by atoms with Crippen LogP contribution in [0, 0.1) is 12.3 Å². The lowest BCUT2D eigenvalue weighted by atomic mass is 9.90. The summed E-state index contributed by atoms with van der Waals surface area (Å²) < 4.78 is 6.23. The number of carbonyl (C=O) groups is 1. The second-order valence-corrected chi connectivity index (χ2v) is 7.34. The molecular formula is C13H19BrN2O2S. The number of amides is 1. The Balaban J connectivity index is 2.24. The molecule has 4 nitrogen and oxygen atoms in total. The van der Waals surface area contributed by atoms with E-state index in [9.17, 15) is 4.79 Å². The molecule has 1 aromatic rings.